The molecule has 1 N–H and O–H groups in total. The first-order valence-electron chi connectivity index (χ1n) is 6.01. The average Bonchev–Trinajstić information content (AvgIpc) is 2.30. The molecule has 4 nitrogen and oxygen atoms in total. The lowest BCUT2D eigenvalue weighted by Crippen LogP contribution is -2.40. The van der Waals surface area contributed by atoms with Gasteiger partial charge in [-0.1, -0.05) is 0 Å². The molecule has 0 aromatic heterocycles. The molecule has 0 saturated heterocycles. The van der Waals surface area contributed by atoms with Crippen LogP contribution in [0.3, 0.4) is 0 Å². The summed E-state index contributed by atoms with van der Waals surface area (Å²) in [5.74, 6) is 0.224. The van der Waals surface area contributed by atoms with Gasteiger partial charge in [0.1, 0.15) is 0 Å². The summed E-state index contributed by atoms with van der Waals surface area (Å²) in [6.45, 7) is 9.22. The maximum Gasteiger partial charge on any atom is 0.226 e. The van der Waals surface area contributed by atoms with Gasteiger partial charge in [0.15, 0.2) is 0 Å². The number of hydrogen-bond acceptors (Lipinski definition) is 2. The molecule has 0 atom stereocenters. The van der Waals surface area contributed by atoms with Crippen LogP contribution in [0.4, 0.5) is 0 Å². The predicted molar refractivity (Wildman–Crippen MR) is 70.1 cm³/mol. The van der Waals surface area contributed by atoms with Crippen LogP contribution in [0.5, 0.6) is 0 Å². The Kier molecular flexibility index (Phi) is 7.19. The standard InChI is InChI=1S/C12H23ClN2O2/c1-5-15(6-2)10(16)7-8-14-11(17)12(3,4)9-13/h5-9H2,1-4H3,(H,14,17). The topological polar surface area (TPSA) is 49.4 Å². The number of carbonyl (C=O) groups excluding carboxylic acids is 2. The van der Waals surface area contributed by atoms with Crippen LogP contribution in [0, 0.1) is 5.41 Å². The predicted octanol–water partition coefficient (Wildman–Crippen LogP) is 1.63. The van der Waals surface area contributed by atoms with Crippen molar-refractivity contribution >= 4 is 23.4 Å². The molecule has 5 heteroatoms. The summed E-state index contributed by atoms with van der Waals surface area (Å²) < 4.78 is 0. The summed E-state index contributed by atoms with van der Waals surface area (Å²) >= 11 is 5.69. The Morgan fingerprint density at radius 3 is 2.18 bits per heavy atom. The van der Waals surface area contributed by atoms with E-state index in [0.717, 1.165) is 0 Å². The highest BCUT2D eigenvalue weighted by molar-refractivity contribution is 6.19. The highest BCUT2D eigenvalue weighted by Crippen LogP contribution is 2.16. The number of amides is 2. The molecule has 0 unspecified atom stereocenters. The lowest BCUT2D eigenvalue weighted by Gasteiger charge is -2.21. The zero-order chi connectivity index (χ0) is 13.5. The molecule has 2 amide bonds. The van der Waals surface area contributed by atoms with Crippen molar-refractivity contribution in [2.45, 2.75) is 34.1 Å². The maximum atomic E-state index is 11.7. The molecule has 100 valence electrons. The quantitative estimate of drug-likeness (QED) is 0.709. The summed E-state index contributed by atoms with van der Waals surface area (Å²) in [6, 6.07) is 0. The van der Waals surface area contributed by atoms with Crippen molar-refractivity contribution in [2.24, 2.45) is 5.41 Å². The molecule has 0 aromatic rings. The van der Waals surface area contributed by atoms with Gasteiger partial charge in [-0.05, 0) is 27.7 Å². The van der Waals surface area contributed by atoms with E-state index in [4.69, 9.17) is 11.6 Å². The number of halogens is 1. The third-order valence-corrected chi connectivity index (χ3v) is 3.36. The van der Waals surface area contributed by atoms with Gasteiger partial charge in [-0.25, -0.2) is 0 Å². The second-order valence-electron chi connectivity index (χ2n) is 4.59. The van der Waals surface area contributed by atoms with Crippen molar-refractivity contribution in [3.8, 4) is 0 Å². The summed E-state index contributed by atoms with van der Waals surface area (Å²) in [4.78, 5) is 25.1. The average molecular weight is 263 g/mol. The first-order valence-corrected chi connectivity index (χ1v) is 6.54. The summed E-state index contributed by atoms with van der Waals surface area (Å²) in [6.07, 6.45) is 0.339. The van der Waals surface area contributed by atoms with Crippen molar-refractivity contribution in [3.05, 3.63) is 0 Å². The van der Waals surface area contributed by atoms with E-state index < -0.39 is 5.41 Å². The zero-order valence-corrected chi connectivity index (χ0v) is 11.9. The molecule has 0 aliphatic rings. The third-order valence-electron chi connectivity index (χ3n) is 2.69. The molecule has 0 spiro atoms. The third kappa shape index (κ3) is 5.39. The Hall–Kier alpha value is -0.770. The minimum atomic E-state index is -0.584. The molecule has 0 saturated carbocycles. The number of nitrogens with one attached hydrogen (secondary N) is 1. The zero-order valence-electron chi connectivity index (χ0n) is 11.2. The van der Waals surface area contributed by atoms with Crippen LogP contribution in [0.15, 0.2) is 0 Å². The molecule has 0 fully saturated rings. The van der Waals surface area contributed by atoms with Crippen molar-refractivity contribution in [3.63, 3.8) is 0 Å². The Morgan fingerprint density at radius 2 is 1.76 bits per heavy atom. The first-order chi connectivity index (χ1) is 7.88. The van der Waals surface area contributed by atoms with Gasteiger partial charge in [-0.15, -0.1) is 11.6 Å². The SMILES string of the molecule is CCN(CC)C(=O)CCNC(=O)C(C)(C)CCl. The summed E-state index contributed by atoms with van der Waals surface area (Å²) in [7, 11) is 0. The van der Waals surface area contributed by atoms with Crippen molar-refractivity contribution in [1.82, 2.24) is 10.2 Å². The van der Waals surface area contributed by atoms with E-state index in [9.17, 15) is 9.59 Å². The first kappa shape index (κ1) is 16.2. The fraction of sp³-hybridized carbons (Fsp3) is 0.833. The van der Waals surface area contributed by atoms with Crippen LogP contribution in [0.2, 0.25) is 0 Å². The minimum absolute atomic E-state index is 0.0685. The lowest BCUT2D eigenvalue weighted by atomic mass is 9.95. The van der Waals surface area contributed by atoms with Gasteiger partial charge in [0.2, 0.25) is 11.8 Å². The molecular formula is C12H23ClN2O2. The number of alkyl halides is 1. The molecule has 0 bridgehead atoms. The van der Waals surface area contributed by atoms with Crippen molar-refractivity contribution < 1.29 is 9.59 Å². The van der Waals surface area contributed by atoms with Gasteiger partial charge in [0, 0.05) is 31.9 Å². The second-order valence-corrected chi connectivity index (χ2v) is 4.86. The van der Waals surface area contributed by atoms with Crippen LogP contribution >= 0.6 is 11.6 Å². The van der Waals surface area contributed by atoms with Crippen LogP contribution in [0.25, 0.3) is 0 Å². The fourth-order valence-electron chi connectivity index (χ4n) is 1.32. The molecule has 0 aliphatic heterocycles. The normalized spacial score (nSPS) is 11.1. The highest BCUT2D eigenvalue weighted by atomic mass is 35.5. The van der Waals surface area contributed by atoms with Gasteiger partial charge >= 0.3 is 0 Å². The van der Waals surface area contributed by atoms with Gasteiger partial charge in [-0.2, -0.15) is 0 Å². The number of carbonyl (C=O) groups is 2. The molecule has 0 rings (SSSR count). The van der Waals surface area contributed by atoms with Gasteiger partial charge in [0.25, 0.3) is 0 Å². The van der Waals surface area contributed by atoms with E-state index in [1.54, 1.807) is 18.7 Å². The smallest absolute Gasteiger partial charge is 0.226 e. The minimum Gasteiger partial charge on any atom is -0.355 e. The molecular weight excluding hydrogens is 240 g/mol. The molecule has 0 aliphatic carbocycles. The van der Waals surface area contributed by atoms with E-state index in [0.29, 0.717) is 26.1 Å². The van der Waals surface area contributed by atoms with Crippen LogP contribution in [0.1, 0.15) is 34.1 Å². The maximum absolute atomic E-state index is 11.7. The fourth-order valence-corrected chi connectivity index (χ4v) is 1.44. The van der Waals surface area contributed by atoms with Crippen LogP contribution in [-0.2, 0) is 9.59 Å². The monoisotopic (exact) mass is 262 g/mol. The van der Waals surface area contributed by atoms with Gasteiger partial charge < -0.3 is 10.2 Å². The number of rotatable bonds is 7. The van der Waals surface area contributed by atoms with E-state index in [-0.39, 0.29) is 17.7 Å². The molecule has 0 radical (unpaired) electrons. The second kappa shape index (κ2) is 7.54. The van der Waals surface area contributed by atoms with Crippen molar-refractivity contribution in [1.29, 1.82) is 0 Å². The van der Waals surface area contributed by atoms with Gasteiger partial charge in [-0.3, -0.25) is 9.59 Å². The molecule has 0 heterocycles. The van der Waals surface area contributed by atoms with E-state index in [1.807, 2.05) is 13.8 Å². The molecule has 0 aromatic carbocycles. The Labute approximate surface area is 109 Å². The van der Waals surface area contributed by atoms with E-state index >= 15 is 0 Å². The number of nitrogens with zero attached hydrogens (tertiary/aromatic N) is 1. The van der Waals surface area contributed by atoms with E-state index in [2.05, 4.69) is 5.32 Å². The molecule has 17 heavy (non-hydrogen) atoms. The largest absolute Gasteiger partial charge is 0.355 e. The van der Waals surface area contributed by atoms with Crippen LogP contribution in [-0.4, -0.2) is 42.2 Å². The Morgan fingerprint density at radius 1 is 1.24 bits per heavy atom. The Balaban J connectivity index is 4.00. The van der Waals surface area contributed by atoms with Crippen molar-refractivity contribution in [2.75, 3.05) is 25.5 Å². The summed E-state index contributed by atoms with van der Waals surface area (Å²) in [5.41, 5.74) is -0.584. The lowest BCUT2D eigenvalue weighted by molar-refractivity contribution is -0.131. The highest BCUT2D eigenvalue weighted by Gasteiger charge is 2.26. The van der Waals surface area contributed by atoms with E-state index in [1.165, 1.54) is 0 Å². The number of hydrogen-bond donors (Lipinski definition) is 1. The Bertz CT molecular complexity index is 263. The summed E-state index contributed by atoms with van der Waals surface area (Å²) in [5, 5.41) is 2.74. The van der Waals surface area contributed by atoms with Crippen LogP contribution < -0.4 is 5.32 Å². The van der Waals surface area contributed by atoms with Gasteiger partial charge in [0.05, 0.1) is 5.41 Å².